The van der Waals surface area contributed by atoms with Crippen LogP contribution in [0.15, 0.2) is 24.3 Å². The Labute approximate surface area is 111 Å². The second-order valence-corrected chi connectivity index (χ2v) is 6.13. The number of benzene rings is 1. The van der Waals surface area contributed by atoms with Crippen LogP contribution in [0.1, 0.15) is 19.4 Å². The van der Waals surface area contributed by atoms with Crippen molar-refractivity contribution < 1.29 is 0 Å². The van der Waals surface area contributed by atoms with Crippen molar-refractivity contribution in [1.82, 2.24) is 5.32 Å². The molecule has 1 aromatic carbocycles. The van der Waals surface area contributed by atoms with Crippen molar-refractivity contribution >= 4 is 34.4 Å². The number of thioether (sulfide) groups is 1. The number of rotatable bonds is 6. The van der Waals surface area contributed by atoms with Gasteiger partial charge in [0, 0.05) is 21.9 Å². The first-order valence-corrected chi connectivity index (χ1v) is 7.51. The van der Waals surface area contributed by atoms with Gasteiger partial charge in [0.1, 0.15) is 0 Å². The van der Waals surface area contributed by atoms with Gasteiger partial charge in [0.25, 0.3) is 0 Å². The van der Waals surface area contributed by atoms with Gasteiger partial charge in [-0.1, -0.05) is 19.1 Å². The van der Waals surface area contributed by atoms with Crippen molar-refractivity contribution in [3.8, 4) is 0 Å². The van der Waals surface area contributed by atoms with Gasteiger partial charge in [-0.2, -0.15) is 11.8 Å². The summed E-state index contributed by atoms with van der Waals surface area (Å²) < 4.78 is 1.30. The summed E-state index contributed by atoms with van der Waals surface area (Å²) in [4.78, 5) is 0. The monoisotopic (exact) mass is 335 g/mol. The predicted octanol–water partition coefficient (Wildman–Crippen LogP) is 3.52. The third-order valence-corrected chi connectivity index (χ3v) is 4.00. The molecule has 0 radical (unpaired) electrons. The smallest absolute Gasteiger partial charge is 0.0208 e. The van der Waals surface area contributed by atoms with E-state index in [9.17, 15) is 0 Å². The van der Waals surface area contributed by atoms with Crippen molar-refractivity contribution in [2.45, 2.75) is 26.4 Å². The van der Waals surface area contributed by atoms with Crippen LogP contribution < -0.4 is 5.32 Å². The van der Waals surface area contributed by atoms with Gasteiger partial charge in [-0.15, -0.1) is 0 Å². The number of hydrogen-bond donors (Lipinski definition) is 1. The van der Waals surface area contributed by atoms with E-state index in [1.807, 2.05) is 11.8 Å². The van der Waals surface area contributed by atoms with Crippen LogP contribution in [0.5, 0.6) is 0 Å². The quantitative estimate of drug-likeness (QED) is 0.799. The van der Waals surface area contributed by atoms with Gasteiger partial charge < -0.3 is 5.32 Å². The highest BCUT2D eigenvalue weighted by molar-refractivity contribution is 14.1. The average Bonchev–Trinajstić information content (AvgIpc) is 2.25. The zero-order valence-corrected chi connectivity index (χ0v) is 12.3. The van der Waals surface area contributed by atoms with Crippen LogP contribution in [0.3, 0.4) is 0 Å². The van der Waals surface area contributed by atoms with E-state index >= 15 is 0 Å². The molecule has 0 saturated heterocycles. The molecule has 0 aliphatic heterocycles. The van der Waals surface area contributed by atoms with Gasteiger partial charge in [0.15, 0.2) is 0 Å². The molecule has 1 aromatic rings. The van der Waals surface area contributed by atoms with E-state index in [4.69, 9.17) is 0 Å². The fraction of sp³-hybridized carbons (Fsp3) is 0.500. The third kappa shape index (κ3) is 5.78. The fourth-order valence-corrected chi connectivity index (χ4v) is 2.31. The second-order valence-electron chi connectivity index (χ2n) is 3.57. The Balaban J connectivity index is 2.27. The Hall–Kier alpha value is 0.260. The first-order chi connectivity index (χ1) is 7.22. The van der Waals surface area contributed by atoms with Crippen LogP contribution in [-0.4, -0.2) is 17.5 Å². The molecule has 1 nitrogen and oxygen atoms in total. The summed E-state index contributed by atoms with van der Waals surface area (Å²) in [7, 11) is 0. The Kier molecular flexibility index (Phi) is 6.68. The maximum atomic E-state index is 3.53. The highest BCUT2D eigenvalue weighted by atomic mass is 127. The molecular weight excluding hydrogens is 317 g/mol. The molecule has 1 N–H and O–H groups in total. The van der Waals surface area contributed by atoms with Gasteiger partial charge in [-0.3, -0.25) is 0 Å². The van der Waals surface area contributed by atoms with Crippen molar-refractivity contribution in [3.63, 3.8) is 0 Å². The molecule has 0 spiro atoms. The first kappa shape index (κ1) is 13.3. The molecule has 15 heavy (non-hydrogen) atoms. The van der Waals surface area contributed by atoms with Crippen LogP contribution in [0.25, 0.3) is 0 Å². The lowest BCUT2D eigenvalue weighted by molar-refractivity contribution is 0.596. The van der Waals surface area contributed by atoms with E-state index in [2.05, 4.69) is 66.0 Å². The normalized spacial score (nSPS) is 12.7. The van der Waals surface area contributed by atoms with Crippen LogP contribution in [0.4, 0.5) is 0 Å². The van der Waals surface area contributed by atoms with Crippen molar-refractivity contribution in [1.29, 1.82) is 0 Å². The van der Waals surface area contributed by atoms with E-state index in [1.165, 1.54) is 20.6 Å². The van der Waals surface area contributed by atoms with Crippen molar-refractivity contribution in [2.24, 2.45) is 0 Å². The molecule has 0 saturated carbocycles. The van der Waals surface area contributed by atoms with Gasteiger partial charge in [0.2, 0.25) is 0 Å². The molecule has 0 heterocycles. The largest absolute Gasteiger partial charge is 0.309 e. The number of nitrogens with one attached hydrogen (secondary N) is 1. The summed E-state index contributed by atoms with van der Waals surface area (Å²) in [5, 5.41) is 3.53. The molecule has 3 heteroatoms. The first-order valence-electron chi connectivity index (χ1n) is 5.28. The van der Waals surface area contributed by atoms with E-state index in [0.29, 0.717) is 6.04 Å². The topological polar surface area (TPSA) is 12.0 Å². The molecule has 0 fully saturated rings. The molecule has 84 valence electrons. The molecule has 0 bridgehead atoms. The lowest BCUT2D eigenvalue weighted by Crippen LogP contribution is -2.27. The lowest BCUT2D eigenvalue weighted by atomic mass is 10.2. The average molecular weight is 335 g/mol. The Bertz CT molecular complexity index is 273. The predicted molar refractivity (Wildman–Crippen MR) is 78.5 cm³/mol. The van der Waals surface area contributed by atoms with Crippen LogP contribution in [0.2, 0.25) is 0 Å². The zero-order valence-electron chi connectivity index (χ0n) is 9.29. The van der Waals surface area contributed by atoms with Crippen molar-refractivity contribution in [2.75, 3.05) is 11.5 Å². The third-order valence-electron chi connectivity index (χ3n) is 2.14. The summed E-state index contributed by atoms with van der Waals surface area (Å²) in [5.74, 6) is 2.40. The van der Waals surface area contributed by atoms with Crippen LogP contribution >= 0.6 is 34.4 Å². The number of halogens is 1. The van der Waals surface area contributed by atoms with E-state index in [0.717, 1.165) is 6.54 Å². The van der Waals surface area contributed by atoms with E-state index in [-0.39, 0.29) is 0 Å². The molecule has 0 aliphatic carbocycles. The standard InChI is InChI=1S/C12H18INS/c1-3-15-9-10(2)14-8-11-4-6-12(13)7-5-11/h4-7,10,14H,3,8-9H2,1-2H3. The second kappa shape index (κ2) is 7.52. The van der Waals surface area contributed by atoms with Gasteiger partial charge in [0.05, 0.1) is 0 Å². The fourth-order valence-electron chi connectivity index (χ4n) is 1.25. The highest BCUT2D eigenvalue weighted by Gasteiger charge is 2.00. The highest BCUT2D eigenvalue weighted by Crippen LogP contribution is 2.07. The maximum absolute atomic E-state index is 3.53. The van der Waals surface area contributed by atoms with Gasteiger partial charge in [-0.25, -0.2) is 0 Å². The zero-order chi connectivity index (χ0) is 11.1. The maximum Gasteiger partial charge on any atom is 0.0208 e. The van der Waals surface area contributed by atoms with E-state index in [1.54, 1.807) is 0 Å². The Morgan fingerprint density at radius 1 is 1.33 bits per heavy atom. The van der Waals surface area contributed by atoms with Gasteiger partial charge >= 0.3 is 0 Å². The Morgan fingerprint density at radius 2 is 2.00 bits per heavy atom. The minimum absolute atomic E-state index is 0.592. The molecule has 1 unspecified atom stereocenters. The molecule has 1 atom stereocenters. The summed E-state index contributed by atoms with van der Waals surface area (Å²) in [6.45, 7) is 5.42. The molecule has 0 aliphatic rings. The minimum atomic E-state index is 0.592. The summed E-state index contributed by atoms with van der Waals surface area (Å²) >= 11 is 4.32. The molecule has 0 aromatic heterocycles. The van der Waals surface area contributed by atoms with E-state index < -0.39 is 0 Å². The molecular formula is C12H18INS. The minimum Gasteiger partial charge on any atom is -0.309 e. The van der Waals surface area contributed by atoms with Gasteiger partial charge in [-0.05, 0) is 53.0 Å². The summed E-state index contributed by atoms with van der Waals surface area (Å²) in [5.41, 5.74) is 1.36. The van der Waals surface area contributed by atoms with Crippen LogP contribution in [-0.2, 0) is 6.54 Å². The lowest BCUT2D eigenvalue weighted by Gasteiger charge is -2.12. The SMILES string of the molecule is CCSCC(C)NCc1ccc(I)cc1. The van der Waals surface area contributed by atoms with Crippen molar-refractivity contribution in [3.05, 3.63) is 33.4 Å². The number of hydrogen-bond acceptors (Lipinski definition) is 2. The Morgan fingerprint density at radius 3 is 2.60 bits per heavy atom. The summed E-state index contributed by atoms with van der Waals surface area (Å²) in [6, 6.07) is 9.28. The molecule has 1 rings (SSSR count). The molecule has 0 amide bonds. The summed E-state index contributed by atoms with van der Waals surface area (Å²) in [6.07, 6.45) is 0. The van der Waals surface area contributed by atoms with Crippen LogP contribution in [0, 0.1) is 3.57 Å².